The smallest absolute Gasteiger partial charge is 0.163 e. The van der Waals surface area contributed by atoms with Crippen LogP contribution in [0.2, 0.25) is 0 Å². The lowest BCUT2D eigenvalue weighted by molar-refractivity contribution is -0.0908. The highest BCUT2D eigenvalue weighted by atomic mass is 16.7. The molecule has 0 bridgehead atoms. The average molecular weight is 931 g/mol. The quantitative estimate of drug-likeness (QED) is 0.310. The van der Waals surface area contributed by atoms with Gasteiger partial charge in [0, 0.05) is 57.7 Å². The van der Waals surface area contributed by atoms with Gasteiger partial charge in [-0.25, -0.2) is 0 Å². The van der Waals surface area contributed by atoms with Gasteiger partial charge in [0.15, 0.2) is 43.9 Å². The molecule has 14 saturated heterocycles. The van der Waals surface area contributed by atoms with Crippen molar-refractivity contribution in [1.82, 2.24) is 0 Å². The molecule has 15 heteroatoms. The second-order valence-electron chi connectivity index (χ2n) is 16.0. The van der Waals surface area contributed by atoms with Gasteiger partial charge in [0.2, 0.25) is 0 Å². The maximum absolute atomic E-state index is 9.76. The predicted molar refractivity (Wildman–Crippen MR) is 228 cm³/mol. The second-order valence-corrected chi connectivity index (χ2v) is 16.0. The number of hydrogen-bond donors (Lipinski definition) is 1. The molecule has 14 rings (SSSR count). The highest BCUT2D eigenvalue weighted by Crippen LogP contribution is 2.39. The van der Waals surface area contributed by atoms with Crippen LogP contribution in [0.3, 0.4) is 0 Å². The summed E-state index contributed by atoms with van der Waals surface area (Å²) in [6.07, 6.45) is -20.8. The van der Waals surface area contributed by atoms with Gasteiger partial charge in [-0.05, 0) is 80.3 Å². The maximum Gasteiger partial charge on any atom is 0.163 e. The molecule has 364 valence electrons. The largest absolute Gasteiger partial charge is 0.390 e. The van der Waals surface area contributed by atoms with Crippen LogP contribution in [0.25, 0.3) is 0 Å². The zero-order valence-electron chi connectivity index (χ0n) is 68.2. The van der Waals surface area contributed by atoms with Crippen LogP contribution in [0.5, 0.6) is 0 Å². The first-order chi connectivity index (χ1) is 42.2. The van der Waals surface area contributed by atoms with Crippen molar-refractivity contribution in [2.75, 3.05) is 92.2 Å². The van der Waals surface area contributed by atoms with E-state index in [1.54, 1.807) is 13.8 Å². The van der Waals surface area contributed by atoms with Crippen molar-refractivity contribution in [3.8, 4) is 0 Å². The highest BCUT2D eigenvalue weighted by Gasteiger charge is 2.43. The number of aliphatic hydroxyl groups is 1. The Hall–Kier alpha value is -0.600. The Balaban J connectivity index is 0.000000143. The van der Waals surface area contributed by atoms with E-state index >= 15 is 0 Å². The van der Waals surface area contributed by atoms with Gasteiger partial charge in [0.25, 0.3) is 0 Å². The molecule has 21 atom stereocenters. The van der Waals surface area contributed by atoms with Gasteiger partial charge in [0.1, 0.15) is 0 Å². The van der Waals surface area contributed by atoms with Gasteiger partial charge in [0.05, 0.1) is 126 Å². The minimum atomic E-state index is -3.52. The molecule has 14 heterocycles. The van der Waals surface area contributed by atoms with Crippen molar-refractivity contribution in [3.05, 3.63) is 0 Å². The van der Waals surface area contributed by atoms with Crippen molar-refractivity contribution in [2.45, 2.75) is 136 Å². The second kappa shape index (κ2) is 23.6. The van der Waals surface area contributed by atoms with Crippen LogP contribution >= 0.6 is 0 Å². The van der Waals surface area contributed by atoms with Crippen LogP contribution < -0.4 is 0 Å². The van der Waals surface area contributed by atoms with E-state index in [9.17, 15) is 5.11 Å². The third-order valence-electron chi connectivity index (χ3n) is 11.5. The molecule has 14 aliphatic rings. The van der Waals surface area contributed by atoms with E-state index in [4.69, 9.17) is 91.2 Å². The Labute approximate surface area is 421 Å². The van der Waals surface area contributed by atoms with Gasteiger partial charge in [-0.2, -0.15) is 0 Å². The number of ether oxygens (including phenoxy) is 14. The third kappa shape index (κ3) is 12.4. The van der Waals surface area contributed by atoms with Crippen LogP contribution in [-0.4, -0.2) is 147 Å². The van der Waals surface area contributed by atoms with E-state index in [-0.39, 0.29) is 25.6 Å². The number of fused-ring (bicyclic) bond motifs is 7. The Morgan fingerprint density at radius 1 is 0.365 bits per heavy atom. The molecular formula is C48H82O15. The van der Waals surface area contributed by atoms with Crippen molar-refractivity contribution in [2.24, 2.45) is 76.7 Å². The molecule has 0 radical (unpaired) electrons. The van der Waals surface area contributed by atoms with Crippen LogP contribution in [0.4, 0.5) is 0 Å². The topological polar surface area (TPSA) is 149 Å². The van der Waals surface area contributed by atoms with Crippen LogP contribution in [0.15, 0.2) is 0 Å². The standard InChI is InChI=1S/6C7H12O2.C6H10O3/c6*1-5-4-9-7-6(5)2-3-8-7;7-5-3-9-6-4(5)1-2-8-6/h6*5-7H,2-4H2,1H3;4-7H,1-3H2/t6*5-,6-,7+;4-,5-,6+/m0000000/s1/i2D2,3D2,4D2,6D,7D;4D2,5D,6D,7D;5D,6D,7D;4D2,6D,7D;6D,7D;7D;1D2,2D2,3D2,4D,5D,6D. The summed E-state index contributed by atoms with van der Waals surface area (Å²) in [5.41, 5.74) is 0. The van der Waals surface area contributed by atoms with E-state index < -0.39 is 161 Å². The summed E-state index contributed by atoms with van der Waals surface area (Å²) in [6.45, 7) is -2.91. The van der Waals surface area contributed by atoms with Gasteiger partial charge < -0.3 is 71.4 Å². The first kappa shape index (κ1) is 22.9. The van der Waals surface area contributed by atoms with Gasteiger partial charge in [-0.1, -0.05) is 41.5 Å². The zero-order valence-corrected chi connectivity index (χ0v) is 36.2. The molecule has 0 aromatic carbocycles. The first-order valence-corrected chi connectivity index (χ1v) is 21.2. The van der Waals surface area contributed by atoms with Crippen LogP contribution in [0, 0.1) is 76.7 Å². The minimum absolute atomic E-state index is 0.111. The van der Waals surface area contributed by atoms with Gasteiger partial charge in [-0.3, -0.25) is 0 Å². The molecule has 0 aliphatic carbocycles. The van der Waals surface area contributed by atoms with E-state index in [1.807, 2.05) is 6.92 Å². The maximum atomic E-state index is 9.76. The molecule has 1 N–H and O–H groups in total. The molecule has 0 amide bonds. The fourth-order valence-corrected chi connectivity index (χ4v) is 7.64. The van der Waals surface area contributed by atoms with E-state index in [2.05, 4.69) is 25.9 Å². The predicted octanol–water partition coefficient (Wildman–Crippen LogP) is 5.83. The van der Waals surface area contributed by atoms with Crippen LogP contribution in [0.1, 0.15) is 130 Å². The Morgan fingerprint density at radius 3 is 1.38 bits per heavy atom. The molecule has 14 fully saturated rings. The molecule has 0 aromatic rings. The van der Waals surface area contributed by atoms with Gasteiger partial charge in [-0.15, -0.1) is 0 Å². The average Bonchev–Trinajstić information content (AvgIpc) is 1.50. The molecule has 0 saturated carbocycles. The monoisotopic (exact) mass is 931 g/mol. The Kier molecular flexibility index (Phi) is 8.57. The Bertz CT molecular complexity index is 2860. The lowest BCUT2D eigenvalue weighted by atomic mass is 9.96. The number of hydrogen-bond acceptors (Lipinski definition) is 15. The summed E-state index contributed by atoms with van der Waals surface area (Å²) in [5.74, 6) is -14.7. The van der Waals surface area contributed by atoms with Crippen molar-refractivity contribution in [1.29, 1.82) is 0 Å². The molecule has 14 aliphatic heterocycles. The molecular weight excluding hydrogens is 817 g/mol. The summed E-state index contributed by atoms with van der Waals surface area (Å²) in [6, 6.07) is 0. The highest BCUT2D eigenvalue weighted by molar-refractivity contribution is 4.84. The lowest BCUT2D eigenvalue weighted by Crippen LogP contribution is -2.18. The van der Waals surface area contributed by atoms with Crippen molar-refractivity contribution >= 4 is 0 Å². The van der Waals surface area contributed by atoms with Crippen LogP contribution in [-0.2, 0) is 66.3 Å². The summed E-state index contributed by atoms with van der Waals surface area (Å²) >= 11 is 0. The molecule has 15 nitrogen and oxygen atoms in total. The molecule has 63 heavy (non-hydrogen) atoms. The number of rotatable bonds is 0. The van der Waals surface area contributed by atoms with Gasteiger partial charge >= 0.3 is 0 Å². The molecule has 0 aromatic heterocycles. The fraction of sp³-hybridized carbons (Fsp3) is 1.00. The molecule has 0 spiro atoms. The Morgan fingerprint density at radius 2 is 0.794 bits per heavy atom. The fourth-order valence-electron chi connectivity index (χ4n) is 7.64. The van der Waals surface area contributed by atoms with E-state index in [1.165, 1.54) is 13.8 Å². The third-order valence-corrected chi connectivity index (χ3v) is 11.5. The zero-order chi connectivity index (χ0) is 73.0. The summed E-state index contributed by atoms with van der Waals surface area (Å²) in [5, 5.41) is 9.76. The summed E-state index contributed by atoms with van der Waals surface area (Å²) in [4.78, 5) is 0. The first-order valence-electron chi connectivity index (χ1n) is 37.2. The van der Waals surface area contributed by atoms with Crippen molar-refractivity contribution in [3.63, 3.8) is 0 Å². The van der Waals surface area contributed by atoms with E-state index in [0.717, 1.165) is 6.42 Å². The molecule has 0 unspecified atom stereocenters. The normalized spacial score (nSPS) is 82.2. The SMILES string of the molecule is [2H]C1([2H])O[C@@]2([2H])OC([2H])([2H])C([2H])([2H])[C@@]2([2H])[C@H]1C.[2H]C1([2H])O[C@@]2([2H])OCC[C@@]2([2H])[C@@]1([2H])C.[2H]C1([2H])O[C@@]2([2H])OCC[C@@]2([2H])[C@H]1C.[2H]C1([2H])O[C@]2([2H])OC([2H])([2H])[C@]([2H])(O)[C@]2([2H])C1([2H])[2H].[2H][C@]12OCC[C@@]1([2H])[C@@H](C)CO2.[2H][C@]12OCC[C@@]1([2H])[C@@]([2H])(C)CO2.[2H][C@]12OCC[C@H]1[C@@H](C)CO2. The van der Waals surface area contributed by atoms with E-state index in [0.29, 0.717) is 70.7 Å². The minimum Gasteiger partial charge on any atom is -0.390 e. The summed E-state index contributed by atoms with van der Waals surface area (Å²) in [7, 11) is 0. The summed E-state index contributed by atoms with van der Waals surface area (Å²) < 4.78 is 312. The lowest BCUT2D eigenvalue weighted by Gasteiger charge is -2.07. The van der Waals surface area contributed by atoms with Crippen molar-refractivity contribution < 1.29 is 115 Å².